The average molecular weight is 293 g/mol. The first-order valence-corrected chi connectivity index (χ1v) is 6.40. The monoisotopic (exact) mass is 293 g/mol. The molecule has 1 unspecified atom stereocenters. The minimum Gasteiger partial charge on any atom is -0.497 e. The number of rotatable bonds is 7. The zero-order valence-corrected chi connectivity index (χ0v) is 12.3. The first kappa shape index (κ1) is 16.6. The van der Waals surface area contributed by atoms with Crippen molar-refractivity contribution in [3.8, 4) is 11.5 Å². The van der Waals surface area contributed by atoms with Gasteiger partial charge in [0.05, 0.1) is 19.8 Å². The molecule has 1 aromatic carbocycles. The molecular formula is C15H19NO5. The van der Waals surface area contributed by atoms with Gasteiger partial charge in [-0.1, -0.05) is 12.2 Å². The first-order valence-electron chi connectivity index (χ1n) is 6.40. The van der Waals surface area contributed by atoms with Crippen LogP contribution in [0.25, 0.3) is 0 Å². The lowest BCUT2D eigenvalue weighted by Gasteiger charge is -2.15. The van der Waals surface area contributed by atoms with Crippen LogP contribution in [0.3, 0.4) is 0 Å². The predicted molar refractivity (Wildman–Crippen MR) is 77.9 cm³/mol. The SMILES string of the molecule is C/C=C/CC(NC(=O)c1ccc(OC)cc1OC)C(=O)O. The van der Waals surface area contributed by atoms with Crippen molar-refractivity contribution in [1.29, 1.82) is 0 Å². The number of aliphatic carboxylic acids is 1. The lowest BCUT2D eigenvalue weighted by molar-refractivity contribution is -0.139. The van der Waals surface area contributed by atoms with Gasteiger partial charge < -0.3 is 19.9 Å². The molecule has 0 aliphatic heterocycles. The second kappa shape index (κ2) is 7.94. The van der Waals surface area contributed by atoms with Gasteiger partial charge in [0.2, 0.25) is 0 Å². The summed E-state index contributed by atoms with van der Waals surface area (Å²) in [7, 11) is 2.94. The maximum absolute atomic E-state index is 12.2. The summed E-state index contributed by atoms with van der Waals surface area (Å²) >= 11 is 0. The fourth-order valence-corrected chi connectivity index (χ4v) is 1.72. The van der Waals surface area contributed by atoms with Gasteiger partial charge in [-0.05, 0) is 25.5 Å². The summed E-state index contributed by atoms with van der Waals surface area (Å²) in [6, 6.07) is 3.72. The van der Waals surface area contributed by atoms with E-state index >= 15 is 0 Å². The highest BCUT2D eigenvalue weighted by atomic mass is 16.5. The van der Waals surface area contributed by atoms with Crippen molar-refractivity contribution >= 4 is 11.9 Å². The first-order chi connectivity index (χ1) is 10.0. The molecule has 0 bridgehead atoms. The molecule has 0 aromatic heterocycles. The number of carbonyl (C=O) groups excluding carboxylic acids is 1. The predicted octanol–water partition coefficient (Wildman–Crippen LogP) is 1.85. The molecule has 1 atom stereocenters. The lowest BCUT2D eigenvalue weighted by Crippen LogP contribution is -2.40. The molecule has 1 aromatic rings. The smallest absolute Gasteiger partial charge is 0.326 e. The quantitative estimate of drug-likeness (QED) is 0.749. The average Bonchev–Trinajstić information content (AvgIpc) is 2.50. The number of carboxylic acids is 1. The van der Waals surface area contributed by atoms with Crippen LogP contribution >= 0.6 is 0 Å². The van der Waals surface area contributed by atoms with Gasteiger partial charge >= 0.3 is 5.97 Å². The maximum atomic E-state index is 12.2. The van der Waals surface area contributed by atoms with E-state index < -0.39 is 17.9 Å². The van der Waals surface area contributed by atoms with Crippen LogP contribution in [0, 0.1) is 0 Å². The van der Waals surface area contributed by atoms with Gasteiger partial charge in [0.1, 0.15) is 17.5 Å². The third-order valence-corrected chi connectivity index (χ3v) is 2.86. The number of carboxylic acid groups (broad SMARTS) is 1. The van der Waals surface area contributed by atoms with E-state index in [1.54, 1.807) is 31.2 Å². The Bertz CT molecular complexity index is 539. The summed E-state index contributed by atoms with van der Waals surface area (Å²) in [6.45, 7) is 1.78. The summed E-state index contributed by atoms with van der Waals surface area (Å²) in [5.74, 6) is -0.727. The fraction of sp³-hybridized carbons (Fsp3) is 0.333. The van der Waals surface area contributed by atoms with Crippen LogP contribution in [0.2, 0.25) is 0 Å². The van der Waals surface area contributed by atoms with Crippen molar-refractivity contribution in [2.24, 2.45) is 0 Å². The molecule has 0 aliphatic carbocycles. The molecule has 6 heteroatoms. The van der Waals surface area contributed by atoms with Gasteiger partial charge in [0.25, 0.3) is 5.91 Å². The number of ether oxygens (including phenoxy) is 2. The van der Waals surface area contributed by atoms with Crippen LogP contribution in [-0.2, 0) is 4.79 Å². The number of benzene rings is 1. The van der Waals surface area contributed by atoms with Crippen LogP contribution in [0.15, 0.2) is 30.4 Å². The fourth-order valence-electron chi connectivity index (χ4n) is 1.72. The molecule has 1 rings (SSSR count). The van der Waals surface area contributed by atoms with Crippen LogP contribution in [0.4, 0.5) is 0 Å². The summed E-state index contributed by atoms with van der Waals surface area (Å²) in [5.41, 5.74) is 0.255. The Balaban J connectivity index is 2.94. The van der Waals surface area contributed by atoms with E-state index in [0.717, 1.165) is 0 Å². The molecule has 0 radical (unpaired) electrons. The van der Waals surface area contributed by atoms with Crippen molar-refractivity contribution < 1.29 is 24.2 Å². The second-order valence-electron chi connectivity index (χ2n) is 4.24. The highest BCUT2D eigenvalue weighted by Crippen LogP contribution is 2.24. The summed E-state index contributed by atoms with van der Waals surface area (Å²) in [6.07, 6.45) is 3.64. The topological polar surface area (TPSA) is 84.9 Å². The normalized spacial score (nSPS) is 12.0. The van der Waals surface area contributed by atoms with Crippen LogP contribution in [-0.4, -0.2) is 37.2 Å². The summed E-state index contributed by atoms with van der Waals surface area (Å²) in [4.78, 5) is 23.3. The van der Waals surface area contributed by atoms with E-state index in [0.29, 0.717) is 11.5 Å². The van der Waals surface area contributed by atoms with Crippen molar-refractivity contribution in [3.05, 3.63) is 35.9 Å². The molecule has 0 saturated heterocycles. The Labute approximate surface area is 123 Å². The van der Waals surface area contributed by atoms with Crippen molar-refractivity contribution in [1.82, 2.24) is 5.32 Å². The van der Waals surface area contributed by atoms with Gasteiger partial charge in [-0.15, -0.1) is 0 Å². The van der Waals surface area contributed by atoms with Crippen LogP contribution < -0.4 is 14.8 Å². The van der Waals surface area contributed by atoms with E-state index in [4.69, 9.17) is 14.6 Å². The van der Waals surface area contributed by atoms with Gasteiger partial charge in [0.15, 0.2) is 0 Å². The van der Waals surface area contributed by atoms with Crippen LogP contribution in [0.1, 0.15) is 23.7 Å². The maximum Gasteiger partial charge on any atom is 0.326 e. The van der Waals surface area contributed by atoms with Gasteiger partial charge in [-0.3, -0.25) is 4.79 Å². The Kier molecular flexibility index (Phi) is 6.26. The van der Waals surface area contributed by atoms with Crippen LogP contribution in [0.5, 0.6) is 11.5 Å². The molecule has 2 N–H and O–H groups in total. The van der Waals surface area contributed by atoms with E-state index in [9.17, 15) is 9.59 Å². The van der Waals surface area contributed by atoms with Crippen molar-refractivity contribution in [2.45, 2.75) is 19.4 Å². The van der Waals surface area contributed by atoms with Crippen molar-refractivity contribution in [2.75, 3.05) is 14.2 Å². The number of amides is 1. The third kappa shape index (κ3) is 4.52. The van der Waals surface area contributed by atoms with E-state index in [1.807, 2.05) is 0 Å². The van der Waals surface area contributed by atoms with Gasteiger partial charge in [0, 0.05) is 6.07 Å². The number of carbonyl (C=O) groups is 2. The third-order valence-electron chi connectivity index (χ3n) is 2.86. The highest BCUT2D eigenvalue weighted by Gasteiger charge is 2.21. The molecular weight excluding hydrogens is 274 g/mol. The Hall–Kier alpha value is -2.50. The minimum atomic E-state index is -1.09. The zero-order valence-electron chi connectivity index (χ0n) is 12.3. The van der Waals surface area contributed by atoms with Crippen molar-refractivity contribution in [3.63, 3.8) is 0 Å². The Morgan fingerprint density at radius 3 is 2.57 bits per heavy atom. The standard InChI is InChI=1S/C15H19NO5/c1-4-5-6-12(15(18)19)16-14(17)11-8-7-10(20-2)9-13(11)21-3/h4-5,7-9,12H,6H2,1-3H3,(H,16,17)(H,18,19)/b5-4+. The Morgan fingerprint density at radius 1 is 1.33 bits per heavy atom. The molecule has 0 aliphatic rings. The molecule has 0 fully saturated rings. The molecule has 0 spiro atoms. The molecule has 114 valence electrons. The molecule has 1 amide bonds. The lowest BCUT2D eigenvalue weighted by atomic mass is 10.1. The minimum absolute atomic E-state index is 0.218. The zero-order chi connectivity index (χ0) is 15.8. The Morgan fingerprint density at radius 2 is 2.05 bits per heavy atom. The largest absolute Gasteiger partial charge is 0.497 e. The number of nitrogens with one attached hydrogen (secondary N) is 1. The van der Waals surface area contributed by atoms with E-state index in [2.05, 4.69) is 5.32 Å². The second-order valence-corrected chi connectivity index (χ2v) is 4.24. The number of allylic oxidation sites excluding steroid dienone is 1. The van der Waals surface area contributed by atoms with Gasteiger partial charge in [-0.2, -0.15) is 0 Å². The number of hydrogen-bond donors (Lipinski definition) is 2. The highest BCUT2D eigenvalue weighted by molar-refractivity contribution is 5.99. The van der Waals surface area contributed by atoms with E-state index in [1.165, 1.54) is 20.3 Å². The number of hydrogen-bond acceptors (Lipinski definition) is 4. The summed E-state index contributed by atoms with van der Waals surface area (Å²) in [5, 5.41) is 11.6. The molecule has 21 heavy (non-hydrogen) atoms. The summed E-state index contributed by atoms with van der Waals surface area (Å²) < 4.78 is 10.2. The molecule has 6 nitrogen and oxygen atoms in total. The van der Waals surface area contributed by atoms with Gasteiger partial charge in [-0.25, -0.2) is 4.79 Å². The molecule has 0 heterocycles. The molecule has 0 saturated carbocycles. The number of methoxy groups -OCH3 is 2. The van der Waals surface area contributed by atoms with E-state index in [-0.39, 0.29) is 12.0 Å².